The topological polar surface area (TPSA) is 66.5 Å². The van der Waals surface area contributed by atoms with E-state index in [1.807, 2.05) is 18.2 Å². The van der Waals surface area contributed by atoms with Gasteiger partial charge in [0.05, 0.1) is 5.75 Å². The Balaban J connectivity index is 1.50. The third kappa shape index (κ3) is 5.08. The molecule has 5 nitrogen and oxygen atoms in total. The molecule has 1 amide bonds. The molecular formula is C20H24N2O3S. The maximum atomic E-state index is 12.3. The van der Waals surface area contributed by atoms with Crippen LogP contribution in [0.15, 0.2) is 54.6 Å². The molecule has 0 radical (unpaired) electrons. The lowest BCUT2D eigenvalue weighted by Gasteiger charge is -2.18. The largest absolute Gasteiger partial charge is 0.371 e. The number of benzene rings is 2. The van der Waals surface area contributed by atoms with Gasteiger partial charge in [0.1, 0.15) is 0 Å². The van der Waals surface area contributed by atoms with Gasteiger partial charge in [-0.05, 0) is 42.2 Å². The molecule has 0 saturated carbocycles. The van der Waals surface area contributed by atoms with Crippen LogP contribution in [0.3, 0.4) is 0 Å². The van der Waals surface area contributed by atoms with Gasteiger partial charge in [0.15, 0.2) is 9.84 Å². The Morgan fingerprint density at radius 3 is 2.46 bits per heavy atom. The summed E-state index contributed by atoms with van der Waals surface area (Å²) in [6, 6.07) is 17.1. The van der Waals surface area contributed by atoms with Crippen molar-refractivity contribution >= 4 is 21.4 Å². The highest BCUT2D eigenvalue weighted by Gasteiger charge is 2.23. The fraction of sp³-hybridized carbons (Fsp3) is 0.350. The Morgan fingerprint density at radius 1 is 1.12 bits per heavy atom. The summed E-state index contributed by atoms with van der Waals surface area (Å²) in [6.45, 7) is 2.59. The summed E-state index contributed by atoms with van der Waals surface area (Å²) >= 11 is 0. The molecule has 1 N–H and O–H groups in total. The van der Waals surface area contributed by atoms with Crippen molar-refractivity contribution in [1.29, 1.82) is 0 Å². The molecule has 2 aromatic carbocycles. The number of hydrogen-bond donors (Lipinski definition) is 1. The first kappa shape index (κ1) is 18.5. The lowest BCUT2D eigenvalue weighted by Crippen LogP contribution is -2.31. The minimum Gasteiger partial charge on any atom is -0.371 e. The molecule has 0 aliphatic carbocycles. The number of anilines is 1. The van der Waals surface area contributed by atoms with Gasteiger partial charge in [-0.15, -0.1) is 0 Å². The van der Waals surface area contributed by atoms with Crippen molar-refractivity contribution in [2.45, 2.75) is 12.2 Å². The summed E-state index contributed by atoms with van der Waals surface area (Å²) in [5.41, 5.74) is 2.47. The van der Waals surface area contributed by atoms with E-state index in [0.717, 1.165) is 19.5 Å². The molecular weight excluding hydrogens is 348 g/mol. The van der Waals surface area contributed by atoms with Gasteiger partial charge in [-0.25, -0.2) is 8.42 Å². The van der Waals surface area contributed by atoms with E-state index in [1.54, 1.807) is 24.3 Å². The van der Waals surface area contributed by atoms with E-state index in [9.17, 15) is 13.2 Å². The van der Waals surface area contributed by atoms with Crippen LogP contribution in [0.25, 0.3) is 0 Å². The Morgan fingerprint density at radius 2 is 1.81 bits per heavy atom. The number of rotatable bonds is 6. The third-order valence-corrected chi connectivity index (χ3v) is 5.46. The number of para-hydroxylation sites is 1. The molecule has 0 spiro atoms. The second kappa shape index (κ2) is 7.91. The molecule has 138 valence electrons. The molecule has 0 bridgehead atoms. The zero-order valence-electron chi connectivity index (χ0n) is 14.9. The molecule has 1 saturated heterocycles. The average Bonchev–Trinajstić information content (AvgIpc) is 3.09. The average molecular weight is 372 g/mol. The van der Waals surface area contributed by atoms with Crippen molar-refractivity contribution in [2.24, 2.45) is 5.92 Å². The third-order valence-electron chi connectivity index (χ3n) is 4.60. The highest BCUT2D eigenvalue weighted by Crippen LogP contribution is 2.23. The Kier molecular flexibility index (Phi) is 5.61. The van der Waals surface area contributed by atoms with Crippen LogP contribution in [0, 0.1) is 5.92 Å². The fourth-order valence-corrected chi connectivity index (χ4v) is 4.06. The molecule has 3 rings (SSSR count). The number of hydrogen-bond acceptors (Lipinski definition) is 4. The van der Waals surface area contributed by atoms with E-state index < -0.39 is 9.84 Å². The molecule has 1 atom stereocenters. The molecule has 26 heavy (non-hydrogen) atoms. The van der Waals surface area contributed by atoms with Gasteiger partial charge in [0.2, 0.25) is 0 Å². The van der Waals surface area contributed by atoms with Crippen LogP contribution < -0.4 is 10.2 Å². The van der Waals surface area contributed by atoms with Gasteiger partial charge >= 0.3 is 0 Å². The summed E-state index contributed by atoms with van der Waals surface area (Å²) in [5.74, 6) is 0.310. The normalized spacial score (nSPS) is 17.3. The van der Waals surface area contributed by atoms with Crippen molar-refractivity contribution < 1.29 is 13.2 Å². The molecule has 6 heteroatoms. The van der Waals surface area contributed by atoms with Crippen LogP contribution >= 0.6 is 0 Å². The maximum Gasteiger partial charge on any atom is 0.251 e. The van der Waals surface area contributed by atoms with Gasteiger partial charge < -0.3 is 10.2 Å². The van der Waals surface area contributed by atoms with Gasteiger partial charge in [0.25, 0.3) is 5.91 Å². The van der Waals surface area contributed by atoms with Crippen molar-refractivity contribution in [3.63, 3.8) is 0 Å². The van der Waals surface area contributed by atoms with Gasteiger partial charge in [0, 0.05) is 37.1 Å². The molecule has 1 fully saturated rings. The molecule has 0 unspecified atom stereocenters. The summed E-state index contributed by atoms with van der Waals surface area (Å²) < 4.78 is 22.6. The van der Waals surface area contributed by atoms with Crippen LogP contribution in [0.2, 0.25) is 0 Å². The quantitative estimate of drug-likeness (QED) is 0.846. The molecule has 2 aromatic rings. The van der Waals surface area contributed by atoms with E-state index in [4.69, 9.17) is 0 Å². The van der Waals surface area contributed by atoms with Crippen molar-refractivity contribution in [3.8, 4) is 0 Å². The predicted octanol–water partition coefficient (Wildman–Crippen LogP) is 2.49. The monoisotopic (exact) mass is 372 g/mol. The van der Waals surface area contributed by atoms with Crippen LogP contribution in [0.5, 0.6) is 0 Å². The van der Waals surface area contributed by atoms with Gasteiger partial charge in [-0.1, -0.05) is 30.3 Å². The van der Waals surface area contributed by atoms with E-state index in [-0.39, 0.29) is 11.7 Å². The Bertz CT molecular complexity index is 848. The van der Waals surface area contributed by atoms with Crippen molar-refractivity contribution in [1.82, 2.24) is 5.32 Å². The first-order valence-corrected chi connectivity index (χ1v) is 10.8. The minimum atomic E-state index is -3.06. The lowest BCUT2D eigenvalue weighted by molar-refractivity contribution is 0.0948. The Labute approximate surface area is 154 Å². The summed E-state index contributed by atoms with van der Waals surface area (Å²) in [7, 11) is -3.06. The second-order valence-electron chi connectivity index (χ2n) is 6.91. The molecule has 1 aliphatic heterocycles. The summed E-state index contributed by atoms with van der Waals surface area (Å²) in [4.78, 5) is 14.7. The summed E-state index contributed by atoms with van der Waals surface area (Å²) in [5, 5.41) is 3.00. The number of nitrogens with one attached hydrogen (secondary N) is 1. The zero-order valence-corrected chi connectivity index (χ0v) is 15.7. The lowest BCUT2D eigenvalue weighted by atomic mass is 10.1. The predicted molar refractivity (Wildman–Crippen MR) is 104 cm³/mol. The zero-order chi connectivity index (χ0) is 18.6. The Hall–Kier alpha value is -2.34. The van der Waals surface area contributed by atoms with Gasteiger partial charge in [-0.2, -0.15) is 0 Å². The van der Waals surface area contributed by atoms with Crippen molar-refractivity contribution in [2.75, 3.05) is 30.8 Å². The maximum absolute atomic E-state index is 12.3. The van der Waals surface area contributed by atoms with Crippen LogP contribution in [0.1, 0.15) is 22.3 Å². The van der Waals surface area contributed by atoms with Crippen LogP contribution in [0.4, 0.5) is 5.69 Å². The minimum absolute atomic E-state index is 0.00765. The van der Waals surface area contributed by atoms with Crippen molar-refractivity contribution in [3.05, 3.63) is 65.7 Å². The standard InChI is InChI=1S/C20H24N2O3S/c1-26(24,25)15-16-7-9-18(10-8-16)20(23)21-13-17-11-12-22(14-17)19-5-3-2-4-6-19/h2-10,17H,11-15H2,1H3,(H,21,23)/t17-/m0/s1. The number of carbonyl (C=O) groups excluding carboxylic acids is 1. The summed E-state index contributed by atoms with van der Waals surface area (Å²) in [6.07, 6.45) is 2.26. The molecule has 0 aromatic heterocycles. The second-order valence-corrected chi connectivity index (χ2v) is 9.05. The number of nitrogens with zero attached hydrogens (tertiary/aromatic N) is 1. The van der Waals surface area contributed by atoms with E-state index >= 15 is 0 Å². The first-order chi connectivity index (χ1) is 12.4. The number of carbonyl (C=O) groups is 1. The number of sulfone groups is 1. The smallest absolute Gasteiger partial charge is 0.251 e. The van der Waals surface area contributed by atoms with Crippen LogP contribution in [-0.2, 0) is 15.6 Å². The number of amides is 1. The van der Waals surface area contributed by atoms with Crippen LogP contribution in [-0.4, -0.2) is 40.2 Å². The molecule has 1 heterocycles. The molecule has 1 aliphatic rings. The fourth-order valence-electron chi connectivity index (χ4n) is 3.27. The van der Waals surface area contributed by atoms with E-state index in [0.29, 0.717) is 23.6 Å². The highest BCUT2D eigenvalue weighted by atomic mass is 32.2. The van der Waals surface area contributed by atoms with E-state index in [2.05, 4.69) is 22.3 Å². The van der Waals surface area contributed by atoms with Gasteiger partial charge in [-0.3, -0.25) is 4.79 Å². The van der Waals surface area contributed by atoms with E-state index in [1.165, 1.54) is 11.9 Å². The first-order valence-electron chi connectivity index (χ1n) is 8.75. The highest BCUT2D eigenvalue weighted by molar-refractivity contribution is 7.89. The SMILES string of the molecule is CS(=O)(=O)Cc1ccc(C(=O)NC[C@@H]2CCN(c3ccccc3)C2)cc1.